The molecule has 0 saturated carbocycles. The van der Waals surface area contributed by atoms with Crippen LogP contribution in [0.1, 0.15) is 66.7 Å². The van der Waals surface area contributed by atoms with Crippen molar-refractivity contribution in [3.05, 3.63) is 92.0 Å². The molecule has 5 heterocycles. The Hall–Kier alpha value is -5.18. The maximum Gasteiger partial charge on any atom is 0.310 e. The van der Waals surface area contributed by atoms with E-state index in [-0.39, 0.29) is 37.0 Å². The van der Waals surface area contributed by atoms with Gasteiger partial charge in [-0.25, -0.2) is 15.0 Å². The number of nitrogens with one attached hydrogen (secondary N) is 2. The summed E-state index contributed by atoms with van der Waals surface area (Å²) >= 11 is 0. The van der Waals surface area contributed by atoms with E-state index >= 15 is 0 Å². The molecule has 5 rings (SSSR count). The van der Waals surface area contributed by atoms with E-state index < -0.39 is 11.9 Å². The van der Waals surface area contributed by atoms with Gasteiger partial charge < -0.3 is 35.1 Å². The summed E-state index contributed by atoms with van der Waals surface area (Å²) < 4.78 is 15.8. The highest BCUT2D eigenvalue weighted by molar-refractivity contribution is 6.32. The lowest BCUT2D eigenvalue weighted by Gasteiger charge is -2.22. The van der Waals surface area contributed by atoms with Crippen molar-refractivity contribution in [3.8, 4) is 0 Å². The molecular formula is C43H56N6O8. The van der Waals surface area contributed by atoms with Crippen LogP contribution in [0.4, 0.5) is 0 Å². The van der Waals surface area contributed by atoms with Crippen molar-refractivity contribution in [2.24, 2.45) is 26.8 Å². The Morgan fingerprint density at radius 2 is 1.60 bits per heavy atom. The number of aliphatic imine (C=N–C) groups is 3. The number of rotatable bonds is 17. The second kappa shape index (κ2) is 19.3. The summed E-state index contributed by atoms with van der Waals surface area (Å²) in [5, 5.41) is 26.8. The number of carbonyl (C=O) groups is 3. The predicted octanol–water partition coefficient (Wildman–Crippen LogP) is 5.41. The van der Waals surface area contributed by atoms with Gasteiger partial charge in [-0.3, -0.25) is 19.3 Å². The molecule has 306 valence electrons. The second-order valence-corrected chi connectivity index (χ2v) is 14.7. The fourth-order valence-electron chi connectivity index (χ4n) is 7.82. The Labute approximate surface area is 334 Å². The molecule has 2 unspecified atom stereocenters. The molecule has 1 fully saturated rings. The zero-order valence-electron chi connectivity index (χ0n) is 34.4. The lowest BCUT2D eigenvalue weighted by Crippen LogP contribution is -2.35. The number of allylic oxidation sites excluding steroid dienone is 10. The van der Waals surface area contributed by atoms with Crippen LogP contribution in [0.5, 0.6) is 0 Å². The van der Waals surface area contributed by atoms with Gasteiger partial charge in [-0.15, -0.1) is 0 Å². The molecule has 2 atom stereocenters. The Balaban J connectivity index is 1.69. The number of carboxylic acid groups (broad SMARTS) is 1. The van der Waals surface area contributed by atoms with Crippen LogP contribution in [0.15, 0.2) is 107 Å². The van der Waals surface area contributed by atoms with Crippen LogP contribution in [0.25, 0.3) is 0 Å². The van der Waals surface area contributed by atoms with Crippen LogP contribution < -0.4 is 10.6 Å². The summed E-state index contributed by atoms with van der Waals surface area (Å²) in [7, 11) is 4.64. The first kappa shape index (κ1) is 43.0. The van der Waals surface area contributed by atoms with E-state index in [2.05, 4.69) is 22.5 Å². The number of methoxy groups -OCH3 is 3. The quantitative estimate of drug-likeness (QED) is 0.0845. The van der Waals surface area contributed by atoms with E-state index in [1.807, 2.05) is 45.9 Å². The molecular weight excluding hydrogens is 729 g/mol. The van der Waals surface area contributed by atoms with Gasteiger partial charge in [0.1, 0.15) is 0 Å². The molecule has 0 spiro atoms. The first-order valence-corrected chi connectivity index (χ1v) is 19.5. The van der Waals surface area contributed by atoms with Crippen LogP contribution in [0, 0.1) is 11.8 Å². The van der Waals surface area contributed by atoms with Crippen molar-refractivity contribution in [2.75, 3.05) is 60.7 Å². The summed E-state index contributed by atoms with van der Waals surface area (Å²) in [5.74, 6) is -2.45. The second-order valence-electron chi connectivity index (χ2n) is 14.7. The SMILES string of the molecule is CCC1=C(C)C2=CC3=NC(=C(C)C3=CO)C=C3NC(=C(CC(=O)OC)C4=NC(=CC1=N2)C(C)=C4C(=O)NCCCN(CCOC)CCOC)C(CCC(=O)O)C3C. The van der Waals surface area contributed by atoms with Gasteiger partial charge in [0.15, 0.2) is 0 Å². The molecule has 0 aromatic rings. The number of aliphatic hydroxyl groups excluding tert-OH is 1. The molecule has 14 heteroatoms. The van der Waals surface area contributed by atoms with E-state index in [0.29, 0.717) is 94.8 Å². The van der Waals surface area contributed by atoms with E-state index in [4.69, 9.17) is 29.2 Å². The topological polar surface area (TPSA) is 184 Å². The maximum absolute atomic E-state index is 14.4. The number of ether oxygens (including phenoxy) is 3. The average molecular weight is 785 g/mol. The third kappa shape index (κ3) is 9.52. The summed E-state index contributed by atoms with van der Waals surface area (Å²) in [6.45, 7) is 13.5. The van der Waals surface area contributed by atoms with Crippen LogP contribution in [-0.4, -0.2) is 111 Å². The number of aliphatic carboxylic acids is 1. The Kier molecular flexibility index (Phi) is 14.6. The lowest BCUT2D eigenvalue weighted by molar-refractivity contribution is -0.140. The number of amides is 1. The van der Waals surface area contributed by atoms with Gasteiger partial charge in [0, 0.05) is 74.7 Å². The minimum atomic E-state index is -0.950. The molecule has 5 aliphatic heterocycles. The number of nitrogens with zero attached hydrogens (tertiary/aromatic N) is 4. The van der Waals surface area contributed by atoms with Gasteiger partial charge in [0.25, 0.3) is 5.91 Å². The number of fused-ring (bicyclic) bond motifs is 5. The molecule has 14 nitrogen and oxygen atoms in total. The van der Waals surface area contributed by atoms with Crippen molar-refractivity contribution in [1.29, 1.82) is 0 Å². The number of hydrogen-bond donors (Lipinski definition) is 4. The Bertz CT molecular complexity index is 2010. The van der Waals surface area contributed by atoms with Crippen molar-refractivity contribution in [1.82, 2.24) is 15.5 Å². The third-order valence-electron chi connectivity index (χ3n) is 11.2. The minimum absolute atomic E-state index is 0.120. The van der Waals surface area contributed by atoms with Crippen LogP contribution >= 0.6 is 0 Å². The highest BCUT2D eigenvalue weighted by atomic mass is 16.5. The van der Waals surface area contributed by atoms with E-state index in [0.717, 1.165) is 48.3 Å². The molecule has 0 aliphatic carbocycles. The van der Waals surface area contributed by atoms with Crippen molar-refractivity contribution in [3.63, 3.8) is 0 Å². The summed E-state index contributed by atoms with van der Waals surface area (Å²) in [6.07, 6.45) is 7.97. The Morgan fingerprint density at radius 1 is 0.912 bits per heavy atom. The Morgan fingerprint density at radius 3 is 2.23 bits per heavy atom. The fraction of sp³-hybridized carbons (Fsp3) is 0.488. The molecule has 8 bridgehead atoms. The number of carboxylic acids is 1. The van der Waals surface area contributed by atoms with E-state index in [1.54, 1.807) is 14.2 Å². The summed E-state index contributed by atoms with van der Waals surface area (Å²) in [4.78, 5) is 57.0. The largest absolute Gasteiger partial charge is 0.515 e. The zero-order chi connectivity index (χ0) is 41.4. The minimum Gasteiger partial charge on any atom is -0.515 e. The van der Waals surface area contributed by atoms with Crippen LogP contribution in [0.3, 0.4) is 0 Å². The number of aliphatic hydroxyl groups is 1. The van der Waals surface area contributed by atoms with Gasteiger partial charge in [-0.1, -0.05) is 13.8 Å². The van der Waals surface area contributed by atoms with Gasteiger partial charge in [-0.2, -0.15) is 0 Å². The summed E-state index contributed by atoms with van der Waals surface area (Å²) in [6, 6.07) is 0. The standard InChI is InChI=1S/C43H56N6O8/c1-9-28-24(2)33-21-37-31(23-50)26(4)32(46-37)20-34-25(3)29(11-12-38(51)52)41(47-34)30(19-39(53)57-8)42-40(27(5)35(48-42)22-36(28)45-33)43(54)44-13-10-14-49(15-17-55-6)16-18-56-7/h20-23,25,29,47,50H,9-19H2,1-8H3,(H,44,54)(H,51,52). The predicted molar refractivity (Wildman–Crippen MR) is 220 cm³/mol. The smallest absolute Gasteiger partial charge is 0.310 e. The van der Waals surface area contributed by atoms with Crippen LogP contribution in [-0.2, 0) is 28.6 Å². The van der Waals surface area contributed by atoms with Crippen molar-refractivity contribution >= 4 is 35.0 Å². The monoisotopic (exact) mass is 784 g/mol. The first-order valence-electron chi connectivity index (χ1n) is 19.5. The summed E-state index contributed by atoms with van der Waals surface area (Å²) in [5.41, 5.74) is 9.44. The highest BCUT2D eigenvalue weighted by Crippen LogP contribution is 2.43. The molecule has 57 heavy (non-hydrogen) atoms. The van der Waals surface area contributed by atoms with Gasteiger partial charge in [-0.05, 0) is 87.1 Å². The fourth-order valence-corrected chi connectivity index (χ4v) is 7.82. The number of hydrogen-bond acceptors (Lipinski definition) is 12. The zero-order valence-corrected chi connectivity index (χ0v) is 34.4. The normalized spacial score (nSPS) is 21.2. The lowest BCUT2D eigenvalue weighted by atomic mass is 9.84. The molecule has 1 amide bonds. The molecule has 1 saturated heterocycles. The van der Waals surface area contributed by atoms with E-state index in [9.17, 15) is 24.6 Å². The molecule has 0 radical (unpaired) electrons. The third-order valence-corrected chi connectivity index (χ3v) is 11.2. The molecule has 0 aromatic heterocycles. The van der Waals surface area contributed by atoms with Gasteiger partial charge in [0.2, 0.25) is 0 Å². The molecule has 4 N–H and O–H groups in total. The van der Waals surface area contributed by atoms with Gasteiger partial charge >= 0.3 is 11.9 Å². The van der Waals surface area contributed by atoms with Crippen LogP contribution in [0.2, 0.25) is 0 Å². The van der Waals surface area contributed by atoms with Crippen molar-refractivity contribution < 1.29 is 38.8 Å². The van der Waals surface area contributed by atoms with Gasteiger partial charge in [0.05, 0.1) is 72.8 Å². The van der Waals surface area contributed by atoms with E-state index in [1.165, 1.54) is 7.11 Å². The number of carbonyl (C=O) groups excluding carboxylic acids is 2. The molecule has 5 aliphatic rings. The van der Waals surface area contributed by atoms with Crippen molar-refractivity contribution in [2.45, 2.75) is 66.7 Å². The highest BCUT2D eigenvalue weighted by Gasteiger charge is 2.40. The average Bonchev–Trinajstić information content (AvgIpc) is 3.87. The molecule has 0 aromatic carbocycles. The first-order chi connectivity index (χ1) is 27.4. The maximum atomic E-state index is 14.4. The number of esters is 1.